The fraction of sp³-hybridized carbons (Fsp3) is 0.136. The smallest absolute Gasteiger partial charge is 0.344 e. The zero-order chi connectivity index (χ0) is 20.8. The van der Waals surface area contributed by atoms with Crippen LogP contribution in [0.3, 0.4) is 0 Å². The van der Waals surface area contributed by atoms with Gasteiger partial charge in [-0.2, -0.15) is 0 Å². The molecule has 1 N–H and O–H groups in total. The van der Waals surface area contributed by atoms with Crippen molar-refractivity contribution < 1.29 is 23.9 Å². The first-order chi connectivity index (χ1) is 13.9. The summed E-state index contributed by atoms with van der Waals surface area (Å²) in [7, 11) is 0. The van der Waals surface area contributed by atoms with Crippen molar-refractivity contribution in [3.63, 3.8) is 0 Å². The highest BCUT2D eigenvalue weighted by Crippen LogP contribution is 2.31. The van der Waals surface area contributed by atoms with Crippen molar-refractivity contribution >= 4 is 45.7 Å². The van der Waals surface area contributed by atoms with Gasteiger partial charge in [0, 0.05) is 34.0 Å². The van der Waals surface area contributed by atoms with Crippen LogP contribution >= 0.6 is 11.6 Å². The van der Waals surface area contributed by atoms with Gasteiger partial charge in [-0.3, -0.25) is 9.59 Å². The second kappa shape index (κ2) is 9.21. The van der Waals surface area contributed by atoms with Gasteiger partial charge in [0.15, 0.2) is 19.0 Å². The SMILES string of the molecule is CC(=O)Nc1ccc(C(=O)COC(=O)COc2ccc(Cl)c3ccccc23)cc1. The summed E-state index contributed by atoms with van der Waals surface area (Å²) < 4.78 is 10.5. The van der Waals surface area contributed by atoms with Crippen molar-refractivity contribution in [2.75, 3.05) is 18.5 Å². The summed E-state index contributed by atoms with van der Waals surface area (Å²) in [5.41, 5.74) is 0.950. The minimum absolute atomic E-state index is 0.202. The number of fused-ring (bicyclic) bond motifs is 1. The standard InChI is InChI=1S/C22H18ClNO5/c1-14(25)24-16-8-6-15(7-9-16)20(26)12-29-22(27)13-28-21-11-10-19(23)17-4-2-3-5-18(17)21/h2-11H,12-13H2,1H3,(H,24,25). The number of carbonyl (C=O) groups excluding carboxylic acids is 3. The third-order valence-electron chi connectivity index (χ3n) is 4.07. The van der Waals surface area contributed by atoms with Crippen molar-refractivity contribution in [2.45, 2.75) is 6.92 Å². The molecule has 0 aliphatic rings. The second-order valence-electron chi connectivity index (χ2n) is 6.22. The predicted molar refractivity (Wildman–Crippen MR) is 110 cm³/mol. The molecule has 0 atom stereocenters. The fourth-order valence-corrected chi connectivity index (χ4v) is 2.94. The van der Waals surface area contributed by atoms with Crippen LogP contribution in [-0.4, -0.2) is 30.9 Å². The van der Waals surface area contributed by atoms with E-state index in [0.717, 1.165) is 10.8 Å². The zero-order valence-electron chi connectivity index (χ0n) is 15.6. The van der Waals surface area contributed by atoms with E-state index < -0.39 is 12.6 Å². The van der Waals surface area contributed by atoms with Gasteiger partial charge in [0.2, 0.25) is 5.91 Å². The number of rotatable bonds is 7. The summed E-state index contributed by atoms with van der Waals surface area (Å²) in [6, 6.07) is 17.1. The van der Waals surface area contributed by atoms with Gasteiger partial charge in [0.25, 0.3) is 0 Å². The number of carbonyl (C=O) groups is 3. The van der Waals surface area contributed by atoms with Gasteiger partial charge in [-0.1, -0.05) is 35.9 Å². The number of benzene rings is 3. The molecule has 0 spiro atoms. The Morgan fingerprint density at radius 3 is 2.28 bits per heavy atom. The van der Waals surface area contributed by atoms with Crippen molar-refractivity contribution in [1.82, 2.24) is 0 Å². The number of Topliss-reactive ketones (excluding diaryl/α,β-unsaturated/α-hetero) is 1. The molecule has 148 valence electrons. The first kappa shape index (κ1) is 20.4. The average Bonchev–Trinajstić information content (AvgIpc) is 2.72. The van der Waals surface area contributed by atoms with Gasteiger partial charge in [0.1, 0.15) is 5.75 Å². The Hall–Kier alpha value is -3.38. The summed E-state index contributed by atoms with van der Waals surface area (Å²) in [6.45, 7) is 0.664. The summed E-state index contributed by atoms with van der Waals surface area (Å²) in [4.78, 5) is 35.1. The van der Waals surface area contributed by atoms with Crippen LogP contribution < -0.4 is 10.1 Å². The van der Waals surface area contributed by atoms with E-state index >= 15 is 0 Å². The highest BCUT2D eigenvalue weighted by Gasteiger charge is 2.12. The molecule has 6 nitrogen and oxygen atoms in total. The van der Waals surface area contributed by atoms with E-state index in [2.05, 4.69) is 5.32 Å². The lowest BCUT2D eigenvalue weighted by Crippen LogP contribution is -2.19. The summed E-state index contributed by atoms with van der Waals surface area (Å²) in [5.74, 6) is -0.717. The molecule has 1 amide bonds. The Kier molecular flexibility index (Phi) is 6.46. The first-order valence-electron chi connectivity index (χ1n) is 8.80. The molecule has 0 fully saturated rings. The molecule has 7 heteroatoms. The Morgan fingerprint density at radius 1 is 0.897 bits per heavy atom. The molecular formula is C22H18ClNO5. The van der Waals surface area contributed by atoms with Gasteiger partial charge in [-0.15, -0.1) is 0 Å². The van der Waals surface area contributed by atoms with Gasteiger partial charge in [-0.05, 0) is 36.4 Å². The largest absolute Gasteiger partial charge is 0.481 e. The van der Waals surface area contributed by atoms with Crippen LogP contribution in [0, 0.1) is 0 Å². The number of amides is 1. The van der Waals surface area contributed by atoms with E-state index in [0.29, 0.717) is 22.0 Å². The number of anilines is 1. The lowest BCUT2D eigenvalue weighted by Gasteiger charge is -2.10. The van der Waals surface area contributed by atoms with Gasteiger partial charge < -0.3 is 14.8 Å². The van der Waals surface area contributed by atoms with E-state index in [1.54, 1.807) is 36.4 Å². The quantitative estimate of drug-likeness (QED) is 0.464. The van der Waals surface area contributed by atoms with E-state index in [9.17, 15) is 14.4 Å². The third-order valence-corrected chi connectivity index (χ3v) is 4.40. The van der Waals surface area contributed by atoms with E-state index in [1.807, 2.05) is 24.3 Å². The number of nitrogens with one attached hydrogen (secondary N) is 1. The van der Waals surface area contributed by atoms with Crippen LogP contribution in [0.5, 0.6) is 5.75 Å². The molecule has 0 radical (unpaired) electrons. The summed E-state index contributed by atoms with van der Waals surface area (Å²) >= 11 is 6.16. The van der Waals surface area contributed by atoms with Crippen LogP contribution in [0.1, 0.15) is 17.3 Å². The maximum Gasteiger partial charge on any atom is 0.344 e. The van der Waals surface area contributed by atoms with E-state index in [4.69, 9.17) is 21.1 Å². The molecule has 0 bridgehead atoms. The molecule has 0 saturated heterocycles. The molecule has 0 aliphatic carbocycles. The number of ketones is 1. The molecule has 0 aromatic heterocycles. The second-order valence-corrected chi connectivity index (χ2v) is 6.63. The van der Waals surface area contributed by atoms with Crippen molar-refractivity contribution in [3.8, 4) is 5.75 Å². The molecule has 3 aromatic rings. The highest BCUT2D eigenvalue weighted by atomic mass is 35.5. The van der Waals surface area contributed by atoms with Crippen LogP contribution in [0.15, 0.2) is 60.7 Å². The van der Waals surface area contributed by atoms with Gasteiger partial charge in [0.05, 0.1) is 0 Å². The van der Waals surface area contributed by atoms with Crippen LogP contribution in [-0.2, 0) is 14.3 Å². The molecule has 0 heterocycles. The Bertz CT molecular complexity index is 1060. The highest BCUT2D eigenvalue weighted by molar-refractivity contribution is 6.35. The van der Waals surface area contributed by atoms with Gasteiger partial charge >= 0.3 is 5.97 Å². The Morgan fingerprint density at radius 2 is 1.59 bits per heavy atom. The predicted octanol–water partition coefficient (Wildman–Crippen LogP) is 4.26. The number of halogens is 1. The Balaban J connectivity index is 1.53. The Labute approximate surface area is 172 Å². The minimum Gasteiger partial charge on any atom is -0.481 e. The van der Waals surface area contributed by atoms with Crippen molar-refractivity contribution in [2.24, 2.45) is 0 Å². The molecule has 3 rings (SSSR count). The number of hydrogen-bond donors (Lipinski definition) is 1. The number of hydrogen-bond acceptors (Lipinski definition) is 5. The average molecular weight is 412 g/mol. The van der Waals surface area contributed by atoms with Crippen molar-refractivity contribution in [1.29, 1.82) is 0 Å². The molecule has 0 unspecified atom stereocenters. The van der Waals surface area contributed by atoms with Crippen LogP contribution in [0.2, 0.25) is 5.02 Å². The van der Waals surface area contributed by atoms with Crippen molar-refractivity contribution in [3.05, 3.63) is 71.2 Å². The maximum atomic E-state index is 12.1. The van der Waals surface area contributed by atoms with Crippen LogP contribution in [0.25, 0.3) is 10.8 Å². The number of ether oxygens (including phenoxy) is 2. The summed E-state index contributed by atoms with van der Waals surface area (Å²) in [6.07, 6.45) is 0. The molecule has 3 aromatic carbocycles. The first-order valence-corrected chi connectivity index (χ1v) is 9.18. The number of esters is 1. The van der Waals surface area contributed by atoms with Gasteiger partial charge in [-0.25, -0.2) is 4.79 Å². The monoisotopic (exact) mass is 411 g/mol. The fourth-order valence-electron chi connectivity index (χ4n) is 2.71. The van der Waals surface area contributed by atoms with E-state index in [-0.39, 0.29) is 18.3 Å². The molecule has 0 saturated carbocycles. The zero-order valence-corrected chi connectivity index (χ0v) is 16.4. The minimum atomic E-state index is -0.660. The summed E-state index contributed by atoms with van der Waals surface area (Å²) in [5, 5.41) is 4.80. The molecule has 29 heavy (non-hydrogen) atoms. The third kappa shape index (κ3) is 5.33. The van der Waals surface area contributed by atoms with Crippen LogP contribution in [0.4, 0.5) is 5.69 Å². The molecule has 0 aliphatic heterocycles. The lowest BCUT2D eigenvalue weighted by molar-refractivity contribution is -0.144. The normalized spacial score (nSPS) is 10.4. The topological polar surface area (TPSA) is 81.7 Å². The maximum absolute atomic E-state index is 12.1. The molecular weight excluding hydrogens is 394 g/mol. The lowest BCUT2D eigenvalue weighted by atomic mass is 10.1. The van der Waals surface area contributed by atoms with E-state index in [1.165, 1.54) is 6.92 Å².